The summed E-state index contributed by atoms with van der Waals surface area (Å²) >= 11 is 0. The van der Waals surface area contributed by atoms with E-state index in [1.165, 1.54) is 12.8 Å². The van der Waals surface area contributed by atoms with Crippen LogP contribution in [0.2, 0.25) is 0 Å². The fourth-order valence-electron chi connectivity index (χ4n) is 6.59. The summed E-state index contributed by atoms with van der Waals surface area (Å²) < 4.78 is 7.57. The van der Waals surface area contributed by atoms with Gasteiger partial charge in [0.2, 0.25) is 5.88 Å². The maximum Gasteiger partial charge on any atom is 0.302 e. The molecule has 1 aliphatic heterocycles. The smallest absolute Gasteiger partial charge is 0.302 e. The first-order valence-corrected chi connectivity index (χ1v) is 12.7. The van der Waals surface area contributed by atoms with E-state index in [9.17, 15) is 9.90 Å². The zero-order valence-corrected chi connectivity index (χ0v) is 21.9. The Labute approximate surface area is 212 Å². The van der Waals surface area contributed by atoms with Gasteiger partial charge >= 0.3 is 5.91 Å². The van der Waals surface area contributed by atoms with Gasteiger partial charge in [-0.15, -0.1) is 10.2 Å². The fourth-order valence-corrected chi connectivity index (χ4v) is 6.59. The highest BCUT2D eigenvalue weighted by molar-refractivity contribution is 5.95. The Morgan fingerprint density at radius 1 is 1.11 bits per heavy atom. The second-order valence-electron chi connectivity index (χ2n) is 11.8. The third kappa shape index (κ3) is 4.64. The number of hydrogen-bond donors (Lipinski definition) is 1. The lowest BCUT2D eigenvalue weighted by atomic mass is 9.65. The molecule has 0 radical (unpaired) electrons. The average molecular weight is 489 g/mol. The van der Waals surface area contributed by atoms with E-state index in [1.54, 1.807) is 0 Å². The Hall–Kier alpha value is -3.19. The number of aromatic hydroxyl groups is 1. The van der Waals surface area contributed by atoms with Crippen LogP contribution in [0.15, 0.2) is 52.7 Å². The molecule has 5 rings (SSSR count). The highest BCUT2D eigenvalue weighted by Crippen LogP contribution is 2.53. The number of nitrogens with zero attached hydrogens (tertiary/aromatic N) is 4. The number of rotatable bonds is 6. The summed E-state index contributed by atoms with van der Waals surface area (Å²) in [6.45, 7) is 12.5. The van der Waals surface area contributed by atoms with Crippen molar-refractivity contribution in [2.75, 3.05) is 13.2 Å². The second-order valence-corrected chi connectivity index (χ2v) is 11.8. The van der Waals surface area contributed by atoms with Crippen LogP contribution in [-0.2, 0) is 11.5 Å². The first-order valence-electron chi connectivity index (χ1n) is 12.7. The van der Waals surface area contributed by atoms with Crippen molar-refractivity contribution < 1.29 is 14.6 Å². The molecule has 36 heavy (non-hydrogen) atoms. The predicted octanol–water partition coefficient (Wildman–Crippen LogP) is 6.51. The number of likely N-dealkylation sites (tertiary alicyclic amines) is 1. The van der Waals surface area contributed by atoms with E-state index in [2.05, 4.69) is 35.9 Å². The molecule has 2 aliphatic rings. The lowest BCUT2D eigenvalue weighted by Gasteiger charge is -2.40. The Bertz CT molecular complexity index is 1340. The highest BCUT2D eigenvalue weighted by Gasteiger charge is 2.49. The SMILES string of the molecule is Cc1cccc(OCC(=O)N=Nc2c(O)n(CN3C[C@]4(C)CC3CC(C)(C)C4)c3ccccc23)c1C. The molecule has 7 nitrogen and oxygen atoms in total. The molecule has 2 bridgehead atoms. The summed E-state index contributed by atoms with van der Waals surface area (Å²) in [5, 5.41) is 20.0. The lowest BCUT2D eigenvalue weighted by Crippen LogP contribution is -2.35. The molecule has 1 aromatic heterocycles. The van der Waals surface area contributed by atoms with E-state index in [-0.39, 0.29) is 12.5 Å². The summed E-state index contributed by atoms with van der Waals surface area (Å²) in [6, 6.07) is 14.0. The second kappa shape index (κ2) is 9.04. The monoisotopic (exact) mass is 488 g/mol. The fraction of sp³-hybridized carbons (Fsp3) is 0.483. The topological polar surface area (TPSA) is 79.4 Å². The van der Waals surface area contributed by atoms with Crippen LogP contribution in [0.1, 0.15) is 51.2 Å². The van der Waals surface area contributed by atoms with Gasteiger partial charge in [-0.1, -0.05) is 51.1 Å². The van der Waals surface area contributed by atoms with Crippen LogP contribution in [-0.4, -0.2) is 39.7 Å². The van der Waals surface area contributed by atoms with Gasteiger partial charge in [-0.3, -0.25) is 14.3 Å². The molecule has 2 aromatic carbocycles. The quantitative estimate of drug-likeness (QED) is 0.401. The summed E-state index contributed by atoms with van der Waals surface area (Å²) in [6.07, 6.45) is 3.57. The maximum atomic E-state index is 12.5. The molecular formula is C29H36N4O3. The van der Waals surface area contributed by atoms with Crippen molar-refractivity contribution in [3.05, 3.63) is 53.6 Å². The highest BCUT2D eigenvalue weighted by atomic mass is 16.5. The van der Waals surface area contributed by atoms with Crippen LogP contribution in [0.5, 0.6) is 11.6 Å². The molecule has 1 N–H and O–H groups in total. The molecule has 2 atom stereocenters. The Morgan fingerprint density at radius 3 is 2.69 bits per heavy atom. The minimum absolute atomic E-state index is 0.0362. The van der Waals surface area contributed by atoms with Gasteiger partial charge in [-0.25, -0.2) is 0 Å². The van der Waals surface area contributed by atoms with E-state index in [0.29, 0.717) is 35.0 Å². The van der Waals surface area contributed by atoms with Crippen molar-refractivity contribution in [3.8, 4) is 11.6 Å². The summed E-state index contributed by atoms with van der Waals surface area (Å²) in [4.78, 5) is 14.9. The predicted molar refractivity (Wildman–Crippen MR) is 141 cm³/mol. The number of hydrogen-bond acceptors (Lipinski definition) is 5. The molecule has 1 aliphatic carbocycles. The van der Waals surface area contributed by atoms with Crippen LogP contribution in [0, 0.1) is 24.7 Å². The molecule has 1 amide bonds. The van der Waals surface area contributed by atoms with Gasteiger partial charge in [-0.2, -0.15) is 0 Å². The minimum atomic E-state index is -0.504. The van der Waals surface area contributed by atoms with E-state index in [0.717, 1.165) is 35.0 Å². The van der Waals surface area contributed by atoms with Crippen LogP contribution in [0.3, 0.4) is 0 Å². The van der Waals surface area contributed by atoms with Crippen LogP contribution >= 0.6 is 0 Å². The number of fused-ring (bicyclic) bond motifs is 3. The maximum absolute atomic E-state index is 12.5. The molecule has 7 heteroatoms. The van der Waals surface area contributed by atoms with Crippen molar-refractivity contribution in [1.82, 2.24) is 9.47 Å². The molecule has 2 fully saturated rings. The van der Waals surface area contributed by atoms with Gasteiger partial charge in [0.15, 0.2) is 12.3 Å². The molecule has 1 saturated carbocycles. The third-order valence-electron chi connectivity index (χ3n) is 7.93. The largest absolute Gasteiger partial charge is 0.493 e. The zero-order chi connectivity index (χ0) is 25.7. The number of amides is 1. The standard InChI is InChI=1S/C29H36N4O3/c1-19-9-8-12-24(20(19)2)36-15-25(34)30-31-26-22-10-6-7-11-23(22)33(27(26)35)18-32-17-29(5)14-21(32)13-28(3,4)16-29/h6-12,21,35H,13-18H2,1-5H3/t21?,29-/m1/s1. The van der Waals surface area contributed by atoms with E-state index < -0.39 is 5.91 Å². The molecule has 3 aromatic rings. The van der Waals surface area contributed by atoms with Crippen molar-refractivity contribution in [3.63, 3.8) is 0 Å². The third-order valence-corrected chi connectivity index (χ3v) is 7.93. The number of aryl methyl sites for hydroxylation is 1. The van der Waals surface area contributed by atoms with Crippen LogP contribution in [0.25, 0.3) is 10.9 Å². The van der Waals surface area contributed by atoms with Crippen molar-refractivity contribution >= 4 is 22.5 Å². The first kappa shape index (κ1) is 24.5. The molecular weight excluding hydrogens is 452 g/mol. The number of carbonyl (C=O) groups is 1. The number of ether oxygens (including phenoxy) is 1. The molecule has 1 saturated heterocycles. The zero-order valence-electron chi connectivity index (χ0n) is 21.9. The first-order chi connectivity index (χ1) is 17.1. The van der Waals surface area contributed by atoms with E-state index in [4.69, 9.17) is 4.74 Å². The van der Waals surface area contributed by atoms with E-state index >= 15 is 0 Å². The van der Waals surface area contributed by atoms with Gasteiger partial charge in [0, 0.05) is 18.0 Å². The number of benzene rings is 2. The Kier molecular flexibility index (Phi) is 6.15. The Balaban J connectivity index is 1.36. The molecule has 1 unspecified atom stereocenters. The van der Waals surface area contributed by atoms with Crippen molar-refractivity contribution in [2.24, 2.45) is 21.1 Å². The lowest BCUT2D eigenvalue weighted by molar-refractivity contribution is -0.120. The van der Waals surface area contributed by atoms with Gasteiger partial charge in [0.1, 0.15) is 5.75 Å². The number of carbonyl (C=O) groups excluding carboxylic acids is 1. The molecule has 2 heterocycles. The van der Waals surface area contributed by atoms with Crippen molar-refractivity contribution in [1.29, 1.82) is 0 Å². The van der Waals surface area contributed by atoms with E-state index in [1.807, 2.05) is 60.9 Å². The van der Waals surface area contributed by atoms with Crippen LogP contribution in [0.4, 0.5) is 5.69 Å². The number of azo groups is 1. The van der Waals surface area contributed by atoms with Gasteiger partial charge < -0.3 is 9.84 Å². The Morgan fingerprint density at radius 2 is 1.89 bits per heavy atom. The molecule has 190 valence electrons. The van der Waals surface area contributed by atoms with Gasteiger partial charge in [-0.05, 0) is 67.2 Å². The minimum Gasteiger partial charge on any atom is -0.493 e. The van der Waals surface area contributed by atoms with Crippen molar-refractivity contribution in [2.45, 2.75) is 66.6 Å². The summed E-state index contributed by atoms with van der Waals surface area (Å²) in [7, 11) is 0. The summed E-state index contributed by atoms with van der Waals surface area (Å²) in [5.41, 5.74) is 3.92. The number of para-hydroxylation sites is 1. The van der Waals surface area contributed by atoms with Crippen LogP contribution < -0.4 is 4.74 Å². The normalized spacial score (nSPS) is 23.5. The van der Waals surface area contributed by atoms with Gasteiger partial charge in [0.25, 0.3) is 0 Å². The molecule has 0 spiro atoms. The average Bonchev–Trinajstić information content (AvgIpc) is 3.21. The number of aromatic nitrogens is 1. The summed E-state index contributed by atoms with van der Waals surface area (Å²) in [5.74, 6) is 0.190. The van der Waals surface area contributed by atoms with Gasteiger partial charge in [0.05, 0.1) is 12.2 Å².